The molecule has 0 amide bonds. The van der Waals surface area contributed by atoms with Gasteiger partial charge in [0.05, 0.1) is 13.2 Å². The van der Waals surface area contributed by atoms with E-state index in [2.05, 4.69) is 29.2 Å². The van der Waals surface area contributed by atoms with Crippen molar-refractivity contribution in [3.05, 3.63) is 70.8 Å². The highest BCUT2D eigenvalue weighted by atomic mass is 16.5. The van der Waals surface area contributed by atoms with Gasteiger partial charge in [-0.05, 0) is 29.3 Å². The molecule has 1 aliphatic heterocycles. The average molecular weight is 305 g/mol. The summed E-state index contributed by atoms with van der Waals surface area (Å²) in [6, 6.07) is 16.3. The normalized spacial score (nSPS) is 19.2. The van der Waals surface area contributed by atoms with Crippen LogP contribution < -0.4 is 4.90 Å². The molecular weight excluding hydrogens is 286 g/mol. The molecule has 23 heavy (non-hydrogen) atoms. The number of hydrogen-bond acceptors (Lipinski definition) is 3. The molecule has 1 heterocycles. The Bertz CT molecular complexity index is 755. The zero-order valence-corrected chi connectivity index (χ0v) is 13.0. The van der Waals surface area contributed by atoms with Crippen LogP contribution in [0.5, 0.6) is 0 Å². The molecule has 0 radical (unpaired) electrons. The van der Waals surface area contributed by atoms with Gasteiger partial charge in [0.2, 0.25) is 0 Å². The minimum Gasteiger partial charge on any atom is -0.378 e. The van der Waals surface area contributed by atoms with E-state index in [1.807, 2.05) is 30.3 Å². The van der Waals surface area contributed by atoms with Crippen LogP contribution in [-0.2, 0) is 11.2 Å². The lowest BCUT2D eigenvalue weighted by Crippen LogP contribution is -2.36. The second-order valence-corrected chi connectivity index (χ2v) is 6.02. The predicted octanol–water partition coefficient (Wildman–Crippen LogP) is 3.35. The van der Waals surface area contributed by atoms with E-state index >= 15 is 0 Å². The SMILES string of the molecule is O=C1/C(=C/c2ccc(N3CCOCC3)cc2)Cc2ccccc21. The van der Waals surface area contributed by atoms with Crippen LogP contribution in [0.2, 0.25) is 0 Å². The first kappa shape index (κ1) is 14.2. The number of rotatable bonds is 2. The van der Waals surface area contributed by atoms with Crippen molar-refractivity contribution in [2.24, 2.45) is 0 Å². The molecule has 4 rings (SSSR count). The summed E-state index contributed by atoms with van der Waals surface area (Å²) in [6.45, 7) is 3.46. The van der Waals surface area contributed by atoms with Crippen LogP contribution in [0.25, 0.3) is 6.08 Å². The van der Waals surface area contributed by atoms with Crippen molar-refractivity contribution in [1.29, 1.82) is 0 Å². The molecule has 0 atom stereocenters. The highest BCUT2D eigenvalue weighted by Crippen LogP contribution is 2.28. The molecule has 0 saturated carbocycles. The van der Waals surface area contributed by atoms with Gasteiger partial charge in [-0.1, -0.05) is 36.4 Å². The Balaban J connectivity index is 1.54. The summed E-state index contributed by atoms with van der Waals surface area (Å²) < 4.78 is 5.39. The van der Waals surface area contributed by atoms with Crippen LogP contribution >= 0.6 is 0 Å². The molecule has 2 aromatic carbocycles. The summed E-state index contributed by atoms with van der Waals surface area (Å²) in [5.74, 6) is 0.165. The number of nitrogens with zero attached hydrogens (tertiary/aromatic N) is 1. The standard InChI is InChI=1S/C20H19NO2/c22-20-17(14-16-3-1-2-4-19(16)20)13-15-5-7-18(8-6-15)21-9-11-23-12-10-21/h1-8,13H,9-12,14H2/b17-13+. The van der Waals surface area contributed by atoms with E-state index in [0.29, 0.717) is 0 Å². The Morgan fingerprint density at radius 3 is 2.43 bits per heavy atom. The maximum atomic E-state index is 12.4. The van der Waals surface area contributed by atoms with Crippen LogP contribution in [0.4, 0.5) is 5.69 Å². The van der Waals surface area contributed by atoms with E-state index in [0.717, 1.165) is 55.0 Å². The number of morpholine rings is 1. The van der Waals surface area contributed by atoms with Gasteiger partial charge >= 0.3 is 0 Å². The lowest BCUT2D eigenvalue weighted by molar-refractivity contribution is 0.104. The van der Waals surface area contributed by atoms with Gasteiger partial charge in [-0.15, -0.1) is 0 Å². The quantitative estimate of drug-likeness (QED) is 0.797. The van der Waals surface area contributed by atoms with E-state index in [-0.39, 0.29) is 5.78 Å². The number of benzene rings is 2. The second kappa shape index (κ2) is 6.01. The molecule has 0 unspecified atom stereocenters. The van der Waals surface area contributed by atoms with Crippen molar-refractivity contribution in [2.75, 3.05) is 31.2 Å². The third-order valence-electron chi connectivity index (χ3n) is 4.54. The van der Waals surface area contributed by atoms with Crippen LogP contribution in [-0.4, -0.2) is 32.1 Å². The number of allylic oxidation sites excluding steroid dienone is 1. The van der Waals surface area contributed by atoms with Gasteiger partial charge in [-0.25, -0.2) is 0 Å². The van der Waals surface area contributed by atoms with Crippen molar-refractivity contribution in [3.63, 3.8) is 0 Å². The molecule has 0 N–H and O–H groups in total. The molecule has 1 aliphatic carbocycles. The van der Waals surface area contributed by atoms with E-state index in [9.17, 15) is 4.79 Å². The van der Waals surface area contributed by atoms with Crippen molar-refractivity contribution < 1.29 is 9.53 Å². The minimum absolute atomic E-state index is 0.165. The monoisotopic (exact) mass is 305 g/mol. The third-order valence-corrected chi connectivity index (χ3v) is 4.54. The largest absolute Gasteiger partial charge is 0.378 e. The van der Waals surface area contributed by atoms with E-state index in [1.54, 1.807) is 0 Å². The lowest BCUT2D eigenvalue weighted by atomic mass is 10.1. The molecular formula is C20H19NO2. The maximum absolute atomic E-state index is 12.4. The highest BCUT2D eigenvalue weighted by Gasteiger charge is 2.23. The Labute approximate surface area is 136 Å². The Morgan fingerprint density at radius 1 is 0.957 bits per heavy atom. The van der Waals surface area contributed by atoms with Crippen molar-refractivity contribution in [3.8, 4) is 0 Å². The van der Waals surface area contributed by atoms with Crippen LogP contribution in [0, 0.1) is 0 Å². The van der Waals surface area contributed by atoms with E-state index in [4.69, 9.17) is 4.74 Å². The molecule has 0 aromatic heterocycles. The smallest absolute Gasteiger partial charge is 0.189 e. The zero-order chi connectivity index (χ0) is 15.6. The summed E-state index contributed by atoms with van der Waals surface area (Å²) in [5.41, 5.74) is 5.16. The Hall–Kier alpha value is -2.39. The maximum Gasteiger partial charge on any atom is 0.189 e. The number of hydrogen-bond donors (Lipinski definition) is 0. The van der Waals surface area contributed by atoms with Crippen LogP contribution in [0.1, 0.15) is 21.5 Å². The van der Waals surface area contributed by atoms with Gasteiger partial charge in [0.15, 0.2) is 5.78 Å². The Morgan fingerprint density at radius 2 is 1.70 bits per heavy atom. The summed E-state index contributed by atoms with van der Waals surface area (Å²) >= 11 is 0. The zero-order valence-electron chi connectivity index (χ0n) is 13.0. The van der Waals surface area contributed by atoms with Gasteiger partial charge in [0.1, 0.15) is 0 Å². The minimum atomic E-state index is 0.165. The van der Waals surface area contributed by atoms with Gasteiger partial charge in [0.25, 0.3) is 0 Å². The number of fused-ring (bicyclic) bond motifs is 1. The fourth-order valence-electron chi connectivity index (χ4n) is 3.28. The summed E-state index contributed by atoms with van der Waals surface area (Å²) in [7, 11) is 0. The van der Waals surface area contributed by atoms with E-state index < -0.39 is 0 Å². The molecule has 2 aliphatic rings. The fraction of sp³-hybridized carbons (Fsp3) is 0.250. The molecule has 1 saturated heterocycles. The first-order valence-electron chi connectivity index (χ1n) is 8.07. The average Bonchev–Trinajstić information content (AvgIpc) is 2.93. The number of anilines is 1. The van der Waals surface area contributed by atoms with Crippen LogP contribution in [0.3, 0.4) is 0 Å². The summed E-state index contributed by atoms with van der Waals surface area (Å²) in [5, 5.41) is 0. The number of carbonyl (C=O) groups excluding carboxylic acids is 1. The first-order valence-corrected chi connectivity index (χ1v) is 8.07. The number of Topliss-reactive ketones (excluding diaryl/α,β-unsaturated/α-hetero) is 1. The molecule has 0 spiro atoms. The van der Waals surface area contributed by atoms with Gasteiger partial charge in [-0.2, -0.15) is 0 Å². The van der Waals surface area contributed by atoms with Gasteiger partial charge < -0.3 is 9.64 Å². The highest BCUT2D eigenvalue weighted by molar-refractivity contribution is 6.15. The predicted molar refractivity (Wildman–Crippen MR) is 91.9 cm³/mol. The van der Waals surface area contributed by atoms with Crippen LogP contribution in [0.15, 0.2) is 54.1 Å². The second-order valence-electron chi connectivity index (χ2n) is 6.02. The molecule has 0 bridgehead atoms. The van der Waals surface area contributed by atoms with E-state index in [1.165, 1.54) is 5.69 Å². The van der Waals surface area contributed by atoms with Gasteiger partial charge in [-0.3, -0.25) is 4.79 Å². The molecule has 1 fully saturated rings. The molecule has 2 aromatic rings. The molecule has 116 valence electrons. The molecule has 3 heteroatoms. The van der Waals surface area contributed by atoms with Crippen molar-refractivity contribution in [2.45, 2.75) is 6.42 Å². The van der Waals surface area contributed by atoms with Gasteiger partial charge in [0, 0.05) is 36.3 Å². The fourth-order valence-corrected chi connectivity index (χ4v) is 3.28. The summed E-state index contributed by atoms with van der Waals surface area (Å²) in [4.78, 5) is 14.8. The number of ether oxygens (including phenoxy) is 1. The van der Waals surface area contributed by atoms with Crippen molar-refractivity contribution in [1.82, 2.24) is 0 Å². The van der Waals surface area contributed by atoms with Crippen molar-refractivity contribution >= 4 is 17.5 Å². The number of ketones is 1. The third kappa shape index (κ3) is 2.80. The first-order chi connectivity index (χ1) is 11.3. The Kier molecular flexibility index (Phi) is 3.72. The number of carbonyl (C=O) groups is 1. The topological polar surface area (TPSA) is 29.5 Å². The lowest BCUT2D eigenvalue weighted by Gasteiger charge is -2.28. The molecule has 3 nitrogen and oxygen atoms in total. The summed E-state index contributed by atoms with van der Waals surface area (Å²) in [6.07, 6.45) is 2.76.